The molecule has 0 aliphatic carbocycles. The van der Waals surface area contributed by atoms with Crippen LogP contribution in [0.25, 0.3) is 33.2 Å². The van der Waals surface area contributed by atoms with Gasteiger partial charge in [-0.2, -0.15) is 0 Å². The van der Waals surface area contributed by atoms with Gasteiger partial charge >= 0.3 is 0 Å². The number of aromatic nitrogens is 4. The molecule has 4 rings (SSSR count). The first-order chi connectivity index (χ1) is 11.5. The van der Waals surface area contributed by atoms with Crippen molar-refractivity contribution in [1.29, 1.82) is 0 Å². The molecule has 0 unspecified atom stereocenters. The Labute approximate surface area is 141 Å². The monoisotopic (exact) mass is 318 g/mol. The maximum atomic E-state index is 4.71. The van der Waals surface area contributed by atoms with Crippen LogP contribution in [0.4, 0.5) is 0 Å². The van der Waals surface area contributed by atoms with Gasteiger partial charge in [-0.3, -0.25) is 0 Å². The van der Waals surface area contributed by atoms with E-state index in [0.717, 1.165) is 33.7 Å². The van der Waals surface area contributed by atoms with Gasteiger partial charge in [0.2, 0.25) is 0 Å². The lowest BCUT2D eigenvalue weighted by atomic mass is 10.0. The number of benzene rings is 2. The molecule has 4 nitrogen and oxygen atoms in total. The third-order valence-corrected chi connectivity index (χ3v) is 4.43. The van der Waals surface area contributed by atoms with Gasteiger partial charge in [-0.1, -0.05) is 39.8 Å². The third kappa shape index (κ3) is 2.48. The van der Waals surface area contributed by atoms with Gasteiger partial charge in [-0.05, 0) is 35.4 Å². The van der Waals surface area contributed by atoms with Gasteiger partial charge in [0.1, 0.15) is 11.6 Å². The quantitative estimate of drug-likeness (QED) is 0.534. The molecular formula is C20H22N4. The highest BCUT2D eigenvalue weighted by Gasteiger charge is 2.10. The minimum absolute atomic E-state index is 0.399. The summed E-state index contributed by atoms with van der Waals surface area (Å²) in [6.07, 6.45) is 0. The second-order valence-electron chi connectivity index (χ2n) is 7.02. The van der Waals surface area contributed by atoms with E-state index in [-0.39, 0.29) is 0 Å². The molecule has 4 aromatic rings. The number of rotatable bonds is 3. The van der Waals surface area contributed by atoms with E-state index < -0.39 is 0 Å². The van der Waals surface area contributed by atoms with Gasteiger partial charge in [-0.15, -0.1) is 0 Å². The molecular weight excluding hydrogens is 296 g/mol. The van der Waals surface area contributed by atoms with Gasteiger partial charge in [0.25, 0.3) is 0 Å². The molecule has 0 bridgehead atoms. The fraction of sp³-hybridized carbons (Fsp3) is 0.300. The fourth-order valence-corrected chi connectivity index (χ4v) is 2.96. The summed E-state index contributed by atoms with van der Waals surface area (Å²) in [4.78, 5) is 16.2. The Kier molecular flexibility index (Phi) is 3.41. The number of nitrogens with zero attached hydrogens (tertiary/aromatic N) is 2. The van der Waals surface area contributed by atoms with Crippen molar-refractivity contribution in [2.75, 3.05) is 0 Å². The number of imidazole rings is 2. The summed E-state index contributed by atoms with van der Waals surface area (Å²) in [6, 6.07) is 12.8. The standard InChI is InChI=1S/C20H22N4/c1-11(2)19-21-15-7-5-13(9-17(15)23-19)14-6-8-16-18(10-14)24-20(22-16)12(3)4/h5-12H,1-4H3,(H,21,23)(H,22,24). The smallest absolute Gasteiger partial charge is 0.109 e. The Balaban J connectivity index is 1.79. The van der Waals surface area contributed by atoms with Crippen molar-refractivity contribution in [1.82, 2.24) is 19.9 Å². The zero-order valence-electron chi connectivity index (χ0n) is 14.5. The Morgan fingerprint density at radius 2 is 1.25 bits per heavy atom. The summed E-state index contributed by atoms with van der Waals surface area (Å²) < 4.78 is 0. The summed E-state index contributed by atoms with van der Waals surface area (Å²) in [6.45, 7) is 8.60. The molecule has 2 N–H and O–H groups in total. The number of aromatic amines is 2. The van der Waals surface area contributed by atoms with Crippen LogP contribution in [0.3, 0.4) is 0 Å². The second-order valence-corrected chi connectivity index (χ2v) is 7.02. The first kappa shape index (κ1) is 14.9. The van der Waals surface area contributed by atoms with Crippen molar-refractivity contribution >= 4 is 22.1 Å². The highest BCUT2D eigenvalue weighted by molar-refractivity contribution is 5.86. The molecule has 122 valence electrons. The van der Waals surface area contributed by atoms with Crippen LogP contribution in [0.2, 0.25) is 0 Å². The predicted octanol–water partition coefficient (Wildman–Crippen LogP) is 5.35. The van der Waals surface area contributed by atoms with Crippen molar-refractivity contribution in [3.05, 3.63) is 48.0 Å². The lowest BCUT2D eigenvalue weighted by Gasteiger charge is -2.01. The Morgan fingerprint density at radius 1 is 0.667 bits per heavy atom. The van der Waals surface area contributed by atoms with Crippen LogP contribution in [0.15, 0.2) is 36.4 Å². The van der Waals surface area contributed by atoms with E-state index in [9.17, 15) is 0 Å². The molecule has 2 heterocycles. The van der Waals surface area contributed by atoms with Gasteiger partial charge in [-0.25, -0.2) is 9.97 Å². The summed E-state index contributed by atoms with van der Waals surface area (Å²) in [5.74, 6) is 2.87. The van der Waals surface area contributed by atoms with Gasteiger partial charge < -0.3 is 9.97 Å². The van der Waals surface area contributed by atoms with Crippen molar-refractivity contribution in [2.45, 2.75) is 39.5 Å². The van der Waals surface area contributed by atoms with Crippen LogP contribution in [-0.2, 0) is 0 Å². The fourth-order valence-electron chi connectivity index (χ4n) is 2.96. The Hall–Kier alpha value is -2.62. The van der Waals surface area contributed by atoms with Crippen molar-refractivity contribution in [3.8, 4) is 11.1 Å². The van der Waals surface area contributed by atoms with Crippen LogP contribution in [0, 0.1) is 0 Å². The number of fused-ring (bicyclic) bond motifs is 2. The first-order valence-electron chi connectivity index (χ1n) is 8.51. The summed E-state index contributed by atoms with van der Waals surface area (Å²) in [5, 5.41) is 0. The second kappa shape index (κ2) is 5.48. The maximum absolute atomic E-state index is 4.71. The molecule has 2 aromatic heterocycles. The first-order valence-corrected chi connectivity index (χ1v) is 8.51. The average Bonchev–Trinajstić information content (AvgIpc) is 3.17. The van der Waals surface area contributed by atoms with E-state index >= 15 is 0 Å². The topological polar surface area (TPSA) is 57.4 Å². The molecule has 0 radical (unpaired) electrons. The lowest BCUT2D eigenvalue weighted by Crippen LogP contribution is -1.88. The van der Waals surface area contributed by atoms with Gasteiger partial charge in [0.05, 0.1) is 22.1 Å². The molecule has 0 aliphatic rings. The van der Waals surface area contributed by atoms with E-state index in [1.54, 1.807) is 0 Å². The predicted molar refractivity (Wildman–Crippen MR) is 99.4 cm³/mol. The molecule has 24 heavy (non-hydrogen) atoms. The average molecular weight is 318 g/mol. The number of hydrogen-bond donors (Lipinski definition) is 2. The molecule has 4 heteroatoms. The highest BCUT2D eigenvalue weighted by Crippen LogP contribution is 2.27. The lowest BCUT2D eigenvalue weighted by molar-refractivity contribution is 0.799. The van der Waals surface area contributed by atoms with Crippen molar-refractivity contribution < 1.29 is 0 Å². The molecule has 0 spiro atoms. The van der Waals surface area contributed by atoms with E-state index in [4.69, 9.17) is 4.98 Å². The van der Waals surface area contributed by atoms with Gasteiger partial charge in [0.15, 0.2) is 0 Å². The summed E-state index contributed by atoms with van der Waals surface area (Å²) in [5.41, 5.74) is 6.56. The molecule has 0 aliphatic heterocycles. The minimum atomic E-state index is 0.399. The summed E-state index contributed by atoms with van der Waals surface area (Å²) >= 11 is 0. The Bertz CT molecular complexity index is 937. The normalized spacial score (nSPS) is 12.1. The third-order valence-electron chi connectivity index (χ3n) is 4.43. The highest BCUT2D eigenvalue weighted by atomic mass is 14.9. The molecule has 0 saturated carbocycles. The number of H-pyrrole nitrogens is 2. The molecule has 0 saturated heterocycles. The largest absolute Gasteiger partial charge is 0.342 e. The van der Waals surface area contributed by atoms with Crippen molar-refractivity contribution in [3.63, 3.8) is 0 Å². The van der Waals surface area contributed by atoms with Crippen LogP contribution in [0.1, 0.15) is 51.2 Å². The van der Waals surface area contributed by atoms with Crippen LogP contribution < -0.4 is 0 Å². The SMILES string of the molecule is CC(C)c1nc2cc(-c3ccc4nc(C(C)C)[nH]c4c3)ccc2[nH]1. The summed E-state index contributed by atoms with van der Waals surface area (Å²) in [7, 11) is 0. The van der Waals surface area contributed by atoms with Crippen molar-refractivity contribution in [2.24, 2.45) is 0 Å². The number of hydrogen-bond acceptors (Lipinski definition) is 2. The zero-order chi connectivity index (χ0) is 16.8. The molecule has 0 amide bonds. The zero-order valence-corrected chi connectivity index (χ0v) is 14.5. The van der Waals surface area contributed by atoms with Gasteiger partial charge in [0, 0.05) is 11.8 Å². The number of nitrogens with one attached hydrogen (secondary N) is 2. The molecule has 0 fully saturated rings. The van der Waals surface area contributed by atoms with Crippen LogP contribution in [-0.4, -0.2) is 19.9 Å². The van der Waals surface area contributed by atoms with Crippen LogP contribution >= 0.6 is 0 Å². The van der Waals surface area contributed by atoms with Crippen LogP contribution in [0.5, 0.6) is 0 Å². The maximum Gasteiger partial charge on any atom is 0.109 e. The Morgan fingerprint density at radius 3 is 1.96 bits per heavy atom. The van der Waals surface area contributed by atoms with E-state index in [1.165, 1.54) is 11.1 Å². The minimum Gasteiger partial charge on any atom is -0.342 e. The van der Waals surface area contributed by atoms with E-state index in [0.29, 0.717) is 11.8 Å². The molecule has 0 atom stereocenters. The molecule has 2 aromatic carbocycles. The van der Waals surface area contributed by atoms with E-state index in [2.05, 4.69) is 79.0 Å². The van der Waals surface area contributed by atoms with E-state index in [1.807, 2.05) is 0 Å².